The van der Waals surface area contributed by atoms with E-state index in [0.29, 0.717) is 56.0 Å². The molecule has 0 radical (unpaired) electrons. The molecule has 0 unspecified atom stereocenters. The Morgan fingerprint density at radius 2 is 1.75 bits per heavy atom. The van der Waals surface area contributed by atoms with E-state index >= 15 is 0 Å². The summed E-state index contributed by atoms with van der Waals surface area (Å²) in [6.07, 6.45) is 1.11. The van der Waals surface area contributed by atoms with Crippen LogP contribution in [0.5, 0.6) is 0 Å². The Labute approximate surface area is 313 Å². The Hall–Kier alpha value is -3.80. The summed E-state index contributed by atoms with van der Waals surface area (Å²) in [4.78, 5) is 26.5. The number of esters is 1. The average Bonchev–Trinajstić information content (AvgIpc) is 3.73. The van der Waals surface area contributed by atoms with Gasteiger partial charge in [-0.2, -0.15) is 9.30 Å². The molecule has 276 valence electrons. The molecule has 5 aromatic rings. The number of thiazole rings is 2. The second-order valence-corrected chi connectivity index (χ2v) is 23.5. The third-order valence-corrected chi connectivity index (χ3v) is 14.9. The van der Waals surface area contributed by atoms with Crippen LogP contribution in [0.2, 0.25) is 25.7 Å². The van der Waals surface area contributed by atoms with Gasteiger partial charge < -0.3 is 14.4 Å². The number of carbonyl (C=O) groups is 1. The number of rotatable bonds is 13. The summed E-state index contributed by atoms with van der Waals surface area (Å²) in [5.74, 6) is 0.506. The normalized spacial score (nSPS) is 15.0. The summed E-state index contributed by atoms with van der Waals surface area (Å²) >= 11 is 2.98. The number of nitrogens with zero attached hydrogens (tertiary/aromatic N) is 7. The largest absolute Gasteiger partial charge is 0.461 e. The third kappa shape index (κ3) is 8.53. The predicted octanol–water partition coefficient (Wildman–Crippen LogP) is 7.32. The molecule has 0 atom stereocenters. The summed E-state index contributed by atoms with van der Waals surface area (Å²) < 4.78 is 42.7. The lowest BCUT2D eigenvalue weighted by Gasteiger charge is -2.31. The minimum absolute atomic E-state index is 0.0530. The lowest BCUT2D eigenvalue weighted by molar-refractivity contribution is 0.0518. The maximum atomic E-state index is 13.2. The van der Waals surface area contributed by atoms with Crippen LogP contribution in [0.4, 0.5) is 16.8 Å². The van der Waals surface area contributed by atoms with E-state index in [2.05, 4.69) is 46.5 Å². The van der Waals surface area contributed by atoms with Crippen molar-refractivity contribution in [1.29, 1.82) is 0 Å². The second kappa shape index (κ2) is 16.1. The minimum Gasteiger partial charge on any atom is -0.461 e. The highest BCUT2D eigenvalue weighted by Crippen LogP contribution is 2.40. The van der Waals surface area contributed by atoms with Crippen LogP contribution in [0.1, 0.15) is 46.6 Å². The number of fused-ring (bicyclic) bond motifs is 1. The van der Waals surface area contributed by atoms with Crippen molar-refractivity contribution in [1.82, 2.24) is 24.1 Å². The molecular formula is C36H45N7O5S3Si. The molecule has 16 heteroatoms. The monoisotopic (exact) mass is 779 g/mol. The zero-order valence-corrected chi connectivity index (χ0v) is 33.9. The van der Waals surface area contributed by atoms with Gasteiger partial charge in [-0.05, 0) is 74.5 Å². The average molecular weight is 780 g/mol. The molecule has 2 aromatic carbocycles. The predicted molar refractivity (Wildman–Crippen MR) is 209 cm³/mol. The van der Waals surface area contributed by atoms with Gasteiger partial charge in [0.15, 0.2) is 27.3 Å². The van der Waals surface area contributed by atoms with Gasteiger partial charge in [0.1, 0.15) is 6.73 Å². The van der Waals surface area contributed by atoms with E-state index in [1.807, 2.05) is 37.1 Å². The molecule has 0 amide bonds. The van der Waals surface area contributed by atoms with E-state index in [4.69, 9.17) is 19.5 Å². The van der Waals surface area contributed by atoms with Gasteiger partial charge in [-0.3, -0.25) is 4.57 Å². The second-order valence-electron chi connectivity index (χ2n) is 13.9. The van der Waals surface area contributed by atoms with Crippen LogP contribution in [0, 0.1) is 6.92 Å². The lowest BCUT2D eigenvalue weighted by Crippen LogP contribution is -2.38. The number of sulfonamides is 1. The van der Waals surface area contributed by atoms with Crippen LogP contribution in [-0.2, 0) is 26.2 Å². The molecule has 1 fully saturated rings. The molecule has 3 aromatic heterocycles. The Bertz CT molecular complexity index is 2210. The first-order valence-electron chi connectivity index (χ1n) is 17.4. The van der Waals surface area contributed by atoms with Crippen LogP contribution in [0.3, 0.4) is 0 Å². The highest BCUT2D eigenvalue weighted by atomic mass is 32.2. The van der Waals surface area contributed by atoms with Gasteiger partial charge in [-0.15, -0.1) is 21.5 Å². The molecule has 1 aliphatic rings. The minimum atomic E-state index is -3.60. The molecular weight excluding hydrogens is 735 g/mol. The summed E-state index contributed by atoms with van der Waals surface area (Å²) in [5.41, 5.74) is 2.15. The van der Waals surface area contributed by atoms with Gasteiger partial charge >= 0.3 is 5.97 Å². The molecule has 6 rings (SSSR count). The van der Waals surface area contributed by atoms with Crippen molar-refractivity contribution in [3.05, 3.63) is 81.6 Å². The molecule has 52 heavy (non-hydrogen) atoms. The Morgan fingerprint density at radius 3 is 2.44 bits per heavy atom. The Morgan fingerprint density at radius 1 is 1.04 bits per heavy atom. The number of anilines is 2. The SMILES string of the molecule is CCOC(=O)c1nc(N(C)c2cc(C)c(/N=c3\sc4ccccc4n3COCC[Si](C)(C)C)nn2)sc1C1CCN(S(=O)(=O)c2ccccc2)CC1. The van der Waals surface area contributed by atoms with Crippen molar-refractivity contribution in [2.24, 2.45) is 4.99 Å². The lowest BCUT2D eigenvalue weighted by atomic mass is 9.95. The van der Waals surface area contributed by atoms with Crippen molar-refractivity contribution in [2.75, 3.05) is 38.3 Å². The van der Waals surface area contributed by atoms with E-state index in [-0.39, 0.29) is 23.1 Å². The highest BCUT2D eigenvalue weighted by Gasteiger charge is 2.34. The van der Waals surface area contributed by atoms with Gasteiger partial charge in [-0.1, -0.05) is 61.3 Å². The fraction of sp³-hybridized carbons (Fsp3) is 0.417. The first kappa shape index (κ1) is 37.9. The fourth-order valence-corrected chi connectivity index (χ4v) is 10.3. The number of para-hydroxylation sites is 1. The zero-order valence-electron chi connectivity index (χ0n) is 30.4. The zero-order chi connectivity index (χ0) is 37.0. The van der Waals surface area contributed by atoms with Gasteiger partial charge in [0, 0.05) is 39.7 Å². The maximum Gasteiger partial charge on any atom is 0.358 e. The van der Waals surface area contributed by atoms with E-state index in [0.717, 1.165) is 31.5 Å². The molecule has 4 heterocycles. The number of piperidine rings is 1. The summed E-state index contributed by atoms with van der Waals surface area (Å²) in [7, 11) is -2.98. The van der Waals surface area contributed by atoms with E-state index in [1.165, 1.54) is 15.6 Å². The number of hydrogen-bond acceptors (Lipinski definition) is 12. The van der Waals surface area contributed by atoms with Crippen LogP contribution in [0.25, 0.3) is 10.2 Å². The molecule has 0 spiro atoms. The number of ether oxygens (including phenoxy) is 2. The van der Waals surface area contributed by atoms with E-state index < -0.39 is 24.1 Å². The summed E-state index contributed by atoms with van der Waals surface area (Å²) in [6, 6.07) is 19.7. The summed E-state index contributed by atoms with van der Waals surface area (Å²) in [6.45, 7) is 12.7. The maximum absolute atomic E-state index is 13.2. The fourth-order valence-electron chi connectivity index (χ4n) is 5.88. The smallest absolute Gasteiger partial charge is 0.358 e. The van der Waals surface area contributed by atoms with Gasteiger partial charge in [0.25, 0.3) is 0 Å². The first-order valence-corrected chi connectivity index (χ1v) is 24.2. The molecule has 0 aliphatic carbocycles. The third-order valence-electron chi connectivity index (χ3n) is 8.90. The number of benzene rings is 2. The van der Waals surface area contributed by atoms with E-state index in [9.17, 15) is 13.2 Å². The first-order chi connectivity index (χ1) is 24.9. The molecule has 1 aliphatic heterocycles. The topological polar surface area (TPSA) is 132 Å². The van der Waals surface area contributed by atoms with Crippen molar-refractivity contribution < 1.29 is 22.7 Å². The molecule has 0 bridgehead atoms. The molecule has 0 N–H and O–H groups in total. The van der Waals surface area contributed by atoms with Crippen LogP contribution in [0.15, 0.2) is 70.6 Å². The van der Waals surface area contributed by atoms with Crippen molar-refractivity contribution in [3.63, 3.8) is 0 Å². The van der Waals surface area contributed by atoms with Gasteiger partial charge in [0.2, 0.25) is 10.0 Å². The van der Waals surface area contributed by atoms with Crippen molar-refractivity contribution in [2.45, 2.75) is 69.9 Å². The summed E-state index contributed by atoms with van der Waals surface area (Å²) in [5, 5.41) is 9.61. The number of aryl methyl sites for hydroxylation is 1. The standard InChI is InChI=1S/C36H45N7O5S3Si/c1-7-48-34(44)31-32(26-17-19-42(20-18-26)51(45,46)27-13-9-8-10-14-27)50-35(37-31)41(3)30-23-25(2)33(40-39-30)38-36-43(24-47-21-22-52(4,5)6)28-15-11-12-16-29(28)49-36/h8-16,23,26H,7,17-22,24H2,1-6H3/b38-36-. The molecule has 1 saturated heterocycles. The quantitative estimate of drug-likeness (QED) is 0.0686. The number of aromatic nitrogens is 4. The van der Waals surface area contributed by atoms with Crippen molar-refractivity contribution >= 4 is 73.7 Å². The van der Waals surface area contributed by atoms with Crippen molar-refractivity contribution in [3.8, 4) is 0 Å². The van der Waals surface area contributed by atoms with Gasteiger partial charge in [-0.25, -0.2) is 18.2 Å². The van der Waals surface area contributed by atoms with Crippen LogP contribution >= 0.6 is 22.7 Å². The van der Waals surface area contributed by atoms with E-state index in [1.54, 1.807) is 48.6 Å². The van der Waals surface area contributed by atoms with Gasteiger partial charge in [0.05, 0.1) is 21.7 Å². The molecule has 0 saturated carbocycles. The Kier molecular flexibility index (Phi) is 11.7. The highest BCUT2D eigenvalue weighted by molar-refractivity contribution is 7.89. The number of hydrogen-bond donors (Lipinski definition) is 0. The van der Waals surface area contributed by atoms with Crippen LogP contribution in [-0.4, -0.2) is 79.9 Å². The van der Waals surface area contributed by atoms with Crippen LogP contribution < -0.4 is 9.70 Å². The number of carbonyl (C=O) groups excluding carboxylic acids is 1. The Balaban J connectivity index is 1.23. The molecule has 12 nitrogen and oxygen atoms in total.